The van der Waals surface area contributed by atoms with Gasteiger partial charge in [-0.3, -0.25) is 19.2 Å². The van der Waals surface area contributed by atoms with Gasteiger partial charge in [-0.05, 0) is 72.3 Å². The fraction of sp³-hybridized carbons (Fsp3) is 0.353. The maximum Gasteiger partial charge on any atom is 0.240 e. The number of aromatic nitrogens is 1. The summed E-state index contributed by atoms with van der Waals surface area (Å²) in [6, 6.07) is 14.7. The maximum absolute atomic E-state index is 14.3. The molecule has 4 aromatic rings. The van der Waals surface area contributed by atoms with Crippen molar-refractivity contribution in [2.24, 2.45) is 11.7 Å². The molecule has 0 spiro atoms. The number of anilines is 2. The summed E-state index contributed by atoms with van der Waals surface area (Å²) in [5, 5.41) is 7.84. The normalized spacial score (nSPS) is 17.7. The summed E-state index contributed by atoms with van der Waals surface area (Å²) >= 11 is 1.56. The Bertz CT molecular complexity index is 1720. The third kappa shape index (κ3) is 5.92. The second-order valence-electron chi connectivity index (χ2n) is 12.4. The van der Waals surface area contributed by atoms with Crippen molar-refractivity contribution in [3.05, 3.63) is 82.2 Å². The number of carbonyl (C=O) groups excluding carboxylic acids is 4. The molecule has 0 saturated carbocycles. The third-order valence-corrected chi connectivity index (χ3v) is 9.29. The number of carbonyl (C=O) groups is 4. The molecule has 4 N–H and O–H groups in total. The molecule has 10 heteroatoms. The number of para-hydroxylation sites is 2. The summed E-state index contributed by atoms with van der Waals surface area (Å²) in [6.07, 6.45) is 3.72. The second-order valence-corrected chi connectivity index (χ2v) is 13.2. The standard InChI is InChI=1S/C34H37N5O4S/c1-34(2,35)33(43)37-27(16-24-18-36-26-9-4-3-8-25(24)26)29(40)17-23-15-22-7-5-10-28(38-13-6-11-30(38)41)31(22)39(32(23)42)19-21-12-14-44-20-21/h3-5,7-10,12,14,18,20,23,27,36H,6,11,13,15-17,19,35H2,1-2H3,(H,37,43)/t23?,27-/m1/s1. The first-order valence-corrected chi connectivity index (χ1v) is 16.0. The fourth-order valence-corrected chi connectivity index (χ4v) is 6.89. The minimum atomic E-state index is -1.18. The second kappa shape index (κ2) is 12.0. The van der Waals surface area contributed by atoms with Gasteiger partial charge >= 0.3 is 0 Å². The van der Waals surface area contributed by atoms with Crippen LogP contribution in [0, 0.1) is 5.92 Å². The number of thiophene rings is 1. The molecule has 44 heavy (non-hydrogen) atoms. The summed E-state index contributed by atoms with van der Waals surface area (Å²) in [5.74, 6) is -1.39. The molecular formula is C34H37N5O4S. The molecule has 1 fully saturated rings. The van der Waals surface area contributed by atoms with Crippen molar-refractivity contribution in [1.29, 1.82) is 0 Å². The minimum Gasteiger partial charge on any atom is -0.361 e. The van der Waals surface area contributed by atoms with E-state index in [2.05, 4.69) is 10.3 Å². The summed E-state index contributed by atoms with van der Waals surface area (Å²) in [4.78, 5) is 60.8. The molecule has 2 aromatic heterocycles. The van der Waals surface area contributed by atoms with Crippen molar-refractivity contribution >= 4 is 57.1 Å². The number of rotatable bonds is 10. The fourth-order valence-electron chi connectivity index (χ4n) is 6.23. The smallest absolute Gasteiger partial charge is 0.240 e. The van der Waals surface area contributed by atoms with E-state index in [-0.39, 0.29) is 30.4 Å². The van der Waals surface area contributed by atoms with Crippen LogP contribution in [-0.2, 0) is 38.6 Å². The average molecular weight is 612 g/mol. The number of aromatic amines is 1. The molecular weight excluding hydrogens is 574 g/mol. The molecule has 2 aromatic carbocycles. The highest BCUT2D eigenvalue weighted by Crippen LogP contribution is 2.42. The number of Topliss-reactive ketones (excluding diaryl/α,β-unsaturated/α-hetero) is 1. The summed E-state index contributed by atoms with van der Waals surface area (Å²) in [6.45, 7) is 4.16. The molecule has 9 nitrogen and oxygen atoms in total. The molecule has 2 aliphatic heterocycles. The van der Waals surface area contributed by atoms with E-state index in [1.54, 1.807) is 35.0 Å². The highest BCUT2D eigenvalue weighted by molar-refractivity contribution is 7.07. The number of fused-ring (bicyclic) bond motifs is 2. The van der Waals surface area contributed by atoms with Crippen LogP contribution in [-0.4, -0.2) is 46.6 Å². The lowest BCUT2D eigenvalue weighted by Gasteiger charge is -2.37. The lowest BCUT2D eigenvalue weighted by atomic mass is 9.85. The van der Waals surface area contributed by atoms with Gasteiger partial charge in [0.05, 0.1) is 29.5 Å². The van der Waals surface area contributed by atoms with Gasteiger partial charge < -0.3 is 25.8 Å². The molecule has 2 aliphatic rings. The Morgan fingerprint density at radius 2 is 1.95 bits per heavy atom. The topological polar surface area (TPSA) is 129 Å². The minimum absolute atomic E-state index is 0.0381. The number of hydrogen-bond donors (Lipinski definition) is 3. The third-order valence-electron chi connectivity index (χ3n) is 8.56. The number of amides is 3. The van der Waals surface area contributed by atoms with E-state index in [4.69, 9.17) is 5.73 Å². The number of H-pyrrole nitrogens is 1. The number of nitrogens with two attached hydrogens (primary N) is 1. The first kappa shape index (κ1) is 29.8. The molecule has 4 heterocycles. The lowest BCUT2D eigenvalue weighted by Crippen LogP contribution is -2.55. The Labute approximate surface area is 260 Å². The molecule has 0 radical (unpaired) electrons. The molecule has 0 aliphatic carbocycles. The van der Waals surface area contributed by atoms with Crippen LogP contribution in [0.5, 0.6) is 0 Å². The van der Waals surface area contributed by atoms with Gasteiger partial charge in [0.1, 0.15) is 0 Å². The van der Waals surface area contributed by atoms with Gasteiger partial charge in [0.25, 0.3) is 0 Å². The Hall–Kier alpha value is -4.28. The zero-order valence-corrected chi connectivity index (χ0v) is 25.8. The van der Waals surface area contributed by atoms with Crippen LogP contribution < -0.4 is 20.9 Å². The highest BCUT2D eigenvalue weighted by atomic mass is 32.1. The predicted octanol–water partition coefficient (Wildman–Crippen LogP) is 4.49. The van der Waals surface area contributed by atoms with Crippen LogP contribution in [0.1, 0.15) is 49.8 Å². The first-order valence-electron chi connectivity index (χ1n) is 15.0. The van der Waals surface area contributed by atoms with Gasteiger partial charge in [-0.15, -0.1) is 0 Å². The highest BCUT2D eigenvalue weighted by Gasteiger charge is 2.39. The van der Waals surface area contributed by atoms with Gasteiger partial charge in [0.2, 0.25) is 17.7 Å². The Morgan fingerprint density at radius 1 is 1.14 bits per heavy atom. The summed E-state index contributed by atoms with van der Waals surface area (Å²) in [7, 11) is 0. The number of benzene rings is 2. The van der Waals surface area contributed by atoms with Crippen molar-refractivity contribution < 1.29 is 19.2 Å². The Kier molecular flexibility index (Phi) is 8.13. The predicted molar refractivity (Wildman–Crippen MR) is 173 cm³/mol. The monoisotopic (exact) mass is 611 g/mol. The van der Waals surface area contributed by atoms with Crippen LogP contribution in [0.4, 0.5) is 11.4 Å². The van der Waals surface area contributed by atoms with Gasteiger partial charge in [0, 0.05) is 48.8 Å². The number of hydrogen-bond acceptors (Lipinski definition) is 6. The molecule has 6 rings (SSSR count). The molecule has 1 unspecified atom stereocenters. The average Bonchev–Trinajstić information content (AvgIpc) is 3.76. The largest absolute Gasteiger partial charge is 0.361 e. The van der Waals surface area contributed by atoms with Crippen LogP contribution in [0.2, 0.25) is 0 Å². The van der Waals surface area contributed by atoms with Gasteiger partial charge in [-0.2, -0.15) is 11.3 Å². The van der Waals surface area contributed by atoms with Gasteiger partial charge in [-0.25, -0.2) is 0 Å². The number of nitrogens with zero attached hydrogens (tertiary/aromatic N) is 2. The molecule has 3 amide bonds. The molecule has 2 atom stereocenters. The zero-order valence-electron chi connectivity index (χ0n) is 25.0. The van der Waals surface area contributed by atoms with Crippen molar-refractivity contribution in [3.63, 3.8) is 0 Å². The SMILES string of the molecule is CC(C)(N)C(=O)N[C@H](Cc1c[nH]c2ccccc12)C(=O)CC1Cc2cccc(N3CCCC3=O)c2N(Cc2ccsc2)C1=O. The Balaban J connectivity index is 1.31. The number of nitrogens with one attached hydrogen (secondary N) is 2. The summed E-state index contributed by atoms with van der Waals surface area (Å²) < 4.78 is 0. The van der Waals surface area contributed by atoms with Crippen LogP contribution in [0.25, 0.3) is 10.9 Å². The van der Waals surface area contributed by atoms with Crippen molar-refractivity contribution in [1.82, 2.24) is 10.3 Å². The van der Waals surface area contributed by atoms with E-state index >= 15 is 0 Å². The van der Waals surface area contributed by atoms with E-state index in [9.17, 15) is 19.2 Å². The van der Waals surface area contributed by atoms with Crippen LogP contribution in [0.3, 0.4) is 0 Å². The van der Waals surface area contributed by atoms with Gasteiger partial charge in [-0.1, -0.05) is 30.3 Å². The van der Waals surface area contributed by atoms with E-state index in [0.29, 0.717) is 25.9 Å². The van der Waals surface area contributed by atoms with E-state index in [1.165, 1.54) is 0 Å². The van der Waals surface area contributed by atoms with Crippen molar-refractivity contribution in [2.45, 2.75) is 64.1 Å². The van der Waals surface area contributed by atoms with Gasteiger partial charge in [0.15, 0.2) is 5.78 Å². The first-order chi connectivity index (χ1) is 21.1. The van der Waals surface area contributed by atoms with Crippen LogP contribution in [0.15, 0.2) is 65.5 Å². The molecule has 0 bridgehead atoms. The molecule has 228 valence electrons. The quantitative estimate of drug-likeness (QED) is 0.244. The van der Waals surface area contributed by atoms with E-state index in [1.807, 2.05) is 65.5 Å². The summed E-state index contributed by atoms with van der Waals surface area (Å²) in [5.41, 5.74) is 10.1. The van der Waals surface area contributed by atoms with Crippen molar-refractivity contribution in [2.75, 3.05) is 16.3 Å². The van der Waals surface area contributed by atoms with Crippen molar-refractivity contribution in [3.8, 4) is 0 Å². The zero-order chi connectivity index (χ0) is 31.0. The Morgan fingerprint density at radius 3 is 2.68 bits per heavy atom. The van der Waals surface area contributed by atoms with E-state index in [0.717, 1.165) is 45.4 Å². The number of ketones is 1. The molecule has 1 saturated heterocycles. The van der Waals surface area contributed by atoms with E-state index < -0.39 is 23.4 Å². The van der Waals surface area contributed by atoms with Crippen LogP contribution >= 0.6 is 11.3 Å². The lowest BCUT2D eigenvalue weighted by molar-refractivity contribution is -0.132. The maximum atomic E-state index is 14.3.